The quantitative estimate of drug-likeness (QED) is 0.552. The molecule has 4 rings (SSSR count). The predicted molar refractivity (Wildman–Crippen MR) is 112 cm³/mol. The van der Waals surface area contributed by atoms with Crippen LogP contribution in [0.1, 0.15) is 35.7 Å². The maximum absolute atomic E-state index is 13.0. The third kappa shape index (κ3) is 3.50. The SMILES string of the molecule is CCCc1[nH]c2cc(=O)[nH]n2c(=O)c1Cc1ccc(-c2ccccc2C#N)cc1. The summed E-state index contributed by atoms with van der Waals surface area (Å²) in [5, 5.41) is 11.9. The van der Waals surface area contributed by atoms with E-state index >= 15 is 0 Å². The average molecular weight is 384 g/mol. The Hall–Kier alpha value is -3.85. The third-order valence-corrected chi connectivity index (χ3v) is 5.03. The Morgan fingerprint density at radius 1 is 1.07 bits per heavy atom. The van der Waals surface area contributed by atoms with Crippen molar-refractivity contribution in [3.63, 3.8) is 0 Å². The molecule has 0 fully saturated rings. The Morgan fingerprint density at radius 2 is 1.83 bits per heavy atom. The zero-order chi connectivity index (χ0) is 20.4. The molecule has 29 heavy (non-hydrogen) atoms. The normalized spacial score (nSPS) is 10.9. The first-order chi connectivity index (χ1) is 14.1. The van der Waals surface area contributed by atoms with E-state index in [0.717, 1.165) is 35.2 Å². The second-order valence-electron chi connectivity index (χ2n) is 7.01. The minimum absolute atomic E-state index is 0.205. The van der Waals surface area contributed by atoms with Crippen LogP contribution in [0.4, 0.5) is 0 Å². The number of hydrogen-bond donors (Lipinski definition) is 2. The van der Waals surface area contributed by atoms with Gasteiger partial charge in [0.1, 0.15) is 5.65 Å². The highest BCUT2D eigenvalue weighted by molar-refractivity contribution is 5.70. The first-order valence-electron chi connectivity index (χ1n) is 9.55. The molecule has 2 aromatic heterocycles. The van der Waals surface area contributed by atoms with Crippen LogP contribution >= 0.6 is 0 Å². The first-order valence-corrected chi connectivity index (χ1v) is 9.55. The summed E-state index contributed by atoms with van der Waals surface area (Å²) in [6.45, 7) is 2.05. The van der Waals surface area contributed by atoms with Crippen molar-refractivity contribution in [3.8, 4) is 17.2 Å². The second-order valence-corrected chi connectivity index (χ2v) is 7.01. The fourth-order valence-corrected chi connectivity index (χ4v) is 3.62. The van der Waals surface area contributed by atoms with Crippen molar-refractivity contribution in [3.05, 3.63) is 97.7 Å². The van der Waals surface area contributed by atoms with Gasteiger partial charge in [-0.15, -0.1) is 0 Å². The minimum atomic E-state index is -0.307. The molecule has 0 aliphatic heterocycles. The number of H-pyrrole nitrogens is 2. The summed E-state index contributed by atoms with van der Waals surface area (Å²) in [6.07, 6.45) is 2.08. The van der Waals surface area contributed by atoms with Gasteiger partial charge in [-0.2, -0.15) is 5.26 Å². The van der Waals surface area contributed by atoms with Gasteiger partial charge in [-0.25, -0.2) is 4.52 Å². The van der Waals surface area contributed by atoms with Gasteiger partial charge in [0, 0.05) is 23.7 Å². The van der Waals surface area contributed by atoms with Gasteiger partial charge >= 0.3 is 0 Å². The number of aromatic amines is 2. The Balaban J connectivity index is 1.72. The molecule has 0 radical (unpaired) electrons. The van der Waals surface area contributed by atoms with E-state index in [4.69, 9.17) is 0 Å². The lowest BCUT2D eigenvalue weighted by Crippen LogP contribution is -2.24. The van der Waals surface area contributed by atoms with Crippen molar-refractivity contribution in [2.24, 2.45) is 0 Å². The number of nitriles is 1. The Labute approximate surface area is 167 Å². The molecule has 6 heteroatoms. The summed E-state index contributed by atoms with van der Waals surface area (Å²) in [7, 11) is 0. The summed E-state index contributed by atoms with van der Waals surface area (Å²) >= 11 is 0. The zero-order valence-corrected chi connectivity index (χ0v) is 16.0. The molecule has 0 spiro atoms. The molecule has 6 nitrogen and oxygen atoms in total. The Bertz CT molecular complexity index is 1330. The Kier molecular flexibility index (Phi) is 4.88. The monoisotopic (exact) mass is 384 g/mol. The van der Waals surface area contributed by atoms with E-state index in [-0.39, 0.29) is 11.1 Å². The Morgan fingerprint density at radius 3 is 2.55 bits per heavy atom. The van der Waals surface area contributed by atoms with Gasteiger partial charge < -0.3 is 4.98 Å². The largest absolute Gasteiger partial charge is 0.343 e. The van der Waals surface area contributed by atoms with Crippen molar-refractivity contribution in [2.45, 2.75) is 26.2 Å². The van der Waals surface area contributed by atoms with Crippen molar-refractivity contribution in [1.82, 2.24) is 14.6 Å². The van der Waals surface area contributed by atoms with Gasteiger partial charge in [0.15, 0.2) is 0 Å². The molecule has 0 aliphatic rings. The van der Waals surface area contributed by atoms with Gasteiger partial charge in [-0.05, 0) is 29.2 Å². The van der Waals surface area contributed by atoms with Crippen LogP contribution < -0.4 is 11.1 Å². The van der Waals surface area contributed by atoms with E-state index in [1.165, 1.54) is 10.6 Å². The lowest BCUT2D eigenvalue weighted by atomic mass is 9.97. The van der Waals surface area contributed by atoms with Gasteiger partial charge in [0.2, 0.25) is 0 Å². The van der Waals surface area contributed by atoms with E-state index in [1.807, 2.05) is 42.5 Å². The predicted octanol–water partition coefficient (Wildman–Crippen LogP) is 3.40. The highest BCUT2D eigenvalue weighted by atomic mass is 16.1. The molecule has 0 atom stereocenters. The lowest BCUT2D eigenvalue weighted by molar-refractivity contribution is 0.804. The fourth-order valence-electron chi connectivity index (χ4n) is 3.62. The molecule has 2 heterocycles. The number of nitrogens with one attached hydrogen (secondary N) is 2. The van der Waals surface area contributed by atoms with Gasteiger partial charge in [0.25, 0.3) is 11.1 Å². The molecule has 2 N–H and O–H groups in total. The first kappa shape index (κ1) is 18.5. The van der Waals surface area contributed by atoms with Gasteiger partial charge in [-0.3, -0.25) is 14.7 Å². The van der Waals surface area contributed by atoms with Crippen LogP contribution in [-0.2, 0) is 12.8 Å². The molecule has 0 saturated heterocycles. The van der Waals surface area contributed by atoms with Crippen LogP contribution in [0.25, 0.3) is 16.8 Å². The number of aryl methyl sites for hydroxylation is 1. The van der Waals surface area contributed by atoms with Crippen LogP contribution in [0.15, 0.2) is 64.2 Å². The van der Waals surface area contributed by atoms with E-state index in [2.05, 4.69) is 23.1 Å². The van der Waals surface area contributed by atoms with Crippen molar-refractivity contribution >= 4 is 5.65 Å². The second kappa shape index (κ2) is 7.64. The lowest BCUT2D eigenvalue weighted by Gasteiger charge is -2.11. The third-order valence-electron chi connectivity index (χ3n) is 5.03. The average Bonchev–Trinajstić information content (AvgIpc) is 3.12. The molecule has 4 aromatic rings. The van der Waals surface area contributed by atoms with E-state index in [1.54, 1.807) is 6.07 Å². The van der Waals surface area contributed by atoms with E-state index in [9.17, 15) is 14.9 Å². The van der Waals surface area contributed by atoms with Crippen LogP contribution in [0.5, 0.6) is 0 Å². The molecule has 0 saturated carbocycles. The summed E-state index contributed by atoms with van der Waals surface area (Å²) in [5.41, 5.74) is 4.93. The highest BCUT2D eigenvalue weighted by Gasteiger charge is 2.14. The van der Waals surface area contributed by atoms with Crippen molar-refractivity contribution < 1.29 is 0 Å². The summed E-state index contributed by atoms with van der Waals surface area (Å²) in [4.78, 5) is 27.8. The molecule has 0 aliphatic carbocycles. The number of nitrogens with zero attached hydrogens (tertiary/aromatic N) is 2. The molecule has 2 aromatic carbocycles. The molecular weight excluding hydrogens is 364 g/mol. The zero-order valence-electron chi connectivity index (χ0n) is 16.0. The molecular formula is C23H20N4O2. The topological polar surface area (TPSA) is 93.9 Å². The molecule has 144 valence electrons. The van der Waals surface area contributed by atoms with E-state index < -0.39 is 0 Å². The summed E-state index contributed by atoms with van der Waals surface area (Å²) in [5.74, 6) is 0. The van der Waals surface area contributed by atoms with Crippen molar-refractivity contribution in [2.75, 3.05) is 0 Å². The number of hydrogen-bond acceptors (Lipinski definition) is 3. The van der Waals surface area contributed by atoms with Crippen LogP contribution in [-0.4, -0.2) is 14.6 Å². The minimum Gasteiger partial charge on any atom is -0.343 e. The van der Waals surface area contributed by atoms with Crippen LogP contribution in [0.2, 0.25) is 0 Å². The van der Waals surface area contributed by atoms with Gasteiger partial charge in [-0.1, -0.05) is 55.8 Å². The molecule has 0 amide bonds. The summed E-state index contributed by atoms with van der Waals surface area (Å²) in [6, 6.07) is 19.0. The van der Waals surface area contributed by atoms with Gasteiger partial charge in [0.05, 0.1) is 11.6 Å². The fraction of sp³-hybridized carbons (Fsp3) is 0.174. The van der Waals surface area contributed by atoms with Crippen LogP contribution in [0.3, 0.4) is 0 Å². The maximum Gasteiger partial charge on any atom is 0.276 e. The van der Waals surface area contributed by atoms with E-state index in [0.29, 0.717) is 23.2 Å². The smallest absolute Gasteiger partial charge is 0.276 e. The molecule has 0 bridgehead atoms. The standard InChI is InChI=1S/C23H20N4O2/c1-2-5-20-19(23(29)27-21(25-20)13-22(28)26-27)12-15-8-10-16(11-9-15)18-7-4-3-6-17(18)14-24/h3-4,6-11,13,25H,2,5,12H2,1H3,(H,26,28). The number of rotatable bonds is 5. The number of fused-ring (bicyclic) bond motifs is 1. The number of aromatic nitrogens is 3. The summed E-state index contributed by atoms with van der Waals surface area (Å²) < 4.78 is 1.27. The highest BCUT2D eigenvalue weighted by Crippen LogP contribution is 2.24. The number of benzene rings is 2. The van der Waals surface area contributed by atoms with Crippen molar-refractivity contribution in [1.29, 1.82) is 5.26 Å². The molecule has 0 unspecified atom stereocenters. The maximum atomic E-state index is 13.0. The van der Waals surface area contributed by atoms with Crippen LogP contribution in [0, 0.1) is 11.3 Å².